The van der Waals surface area contributed by atoms with Crippen molar-refractivity contribution in [3.05, 3.63) is 33.8 Å². The third-order valence-electron chi connectivity index (χ3n) is 7.63. The Balaban J connectivity index is 1.59. The molecule has 1 aromatic carbocycles. The molecule has 1 amide bonds. The molecule has 2 fully saturated rings. The molecule has 3 rings (SSSR count). The first-order valence-corrected chi connectivity index (χ1v) is 14.9. The second-order valence-electron chi connectivity index (χ2n) is 11.0. The van der Waals surface area contributed by atoms with Crippen molar-refractivity contribution in [2.24, 2.45) is 5.41 Å². The fourth-order valence-electron chi connectivity index (χ4n) is 4.59. The Morgan fingerprint density at radius 3 is 2.37 bits per heavy atom. The van der Waals surface area contributed by atoms with Gasteiger partial charge in [0.25, 0.3) is 0 Å². The average Bonchev–Trinajstić information content (AvgIpc) is 2.92. The molecular formula is C24H37Cl2NO2Si. The predicted octanol–water partition coefficient (Wildman–Crippen LogP) is 7.11. The molecule has 1 aromatic rings. The molecule has 1 atom stereocenters. The van der Waals surface area contributed by atoms with Crippen LogP contribution in [0, 0.1) is 5.41 Å². The summed E-state index contributed by atoms with van der Waals surface area (Å²) < 4.78 is 6.63. The van der Waals surface area contributed by atoms with E-state index < -0.39 is 8.32 Å². The zero-order valence-corrected chi connectivity index (χ0v) is 21.9. The minimum absolute atomic E-state index is 0.236. The highest BCUT2D eigenvalue weighted by Gasteiger charge is 2.46. The van der Waals surface area contributed by atoms with Crippen molar-refractivity contribution < 1.29 is 9.22 Å². The quantitative estimate of drug-likeness (QED) is 0.429. The Morgan fingerprint density at radius 1 is 1.17 bits per heavy atom. The zero-order chi connectivity index (χ0) is 22.3. The molecule has 0 aromatic heterocycles. The number of benzene rings is 1. The number of hydrogen-bond acceptors (Lipinski definition) is 2. The van der Waals surface area contributed by atoms with Gasteiger partial charge in [0.2, 0.25) is 5.91 Å². The number of halogens is 2. The van der Waals surface area contributed by atoms with E-state index in [0.29, 0.717) is 28.6 Å². The van der Waals surface area contributed by atoms with E-state index in [1.165, 1.54) is 0 Å². The minimum Gasteiger partial charge on any atom is -0.414 e. The summed E-state index contributed by atoms with van der Waals surface area (Å²) in [5, 5.41) is 1.52. The molecule has 1 aliphatic heterocycles. The summed E-state index contributed by atoms with van der Waals surface area (Å²) in [4.78, 5) is 15.5. The van der Waals surface area contributed by atoms with Gasteiger partial charge in [-0.05, 0) is 74.4 Å². The van der Waals surface area contributed by atoms with Gasteiger partial charge in [0.1, 0.15) is 0 Å². The molecule has 0 spiro atoms. The third kappa shape index (κ3) is 5.08. The molecule has 0 bridgehead atoms. The van der Waals surface area contributed by atoms with E-state index >= 15 is 0 Å². The van der Waals surface area contributed by atoms with E-state index in [1.807, 2.05) is 12.1 Å². The van der Waals surface area contributed by atoms with Crippen LogP contribution in [0.5, 0.6) is 0 Å². The Hall–Kier alpha value is -0.553. The lowest BCUT2D eigenvalue weighted by Crippen LogP contribution is -2.47. The molecule has 3 nitrogen and oxygen atoms in total. The number of carbonyl (C=O) groups excluding carboxylic acids is 1. The first-order valence-electron chi connectivity index (χ1n) is 11.3. The summed E-state index contributed by atoms with van der Waals surface area (Å²) in [6.07, 6.45) is 6.10. The van der Waals surface area contributed by atoms with Crippen molar-refractivity contribution in [2.45, 2.75) is 96.5 Å². The average molecular weight is 471 g/mol. The standard InChI is InChI=1S/C24H37Cl2NO2Si/c1-23(2,3)30(5,6)29-20-11-9-19(10-12-20)27-14-13-24(4,22(27)28)16-17-7-8-18(25)15-21(17)26/h7-8,15,19-20H,9-14,16H2,1-6H3/t19-,20+,24?. The normalized spacial score (nSPS) is 28.3. The van der Waals surface area contributed by atoms with Gasteiger partial charge in [0.15, 0.2) is 8.32 Å². The third-order valence-corrected chi connectivity index (χ3v) is 12.8. The van der Waals surface area contributed by atoms with Crippen LogP contribution in [0.1, 0.15) is 65.4 Å². The lowest BCUT2D eigenvalue weighted by molar-refractivity contribution is -0.138. The van der Waals surface area contributed by atoms with Crippen molar-refractivity contribution in [1.29, 1.82) is 0 Å². The van der Waals surface area contributed by atoms with Crippen LogP contribution in [0.15, 0.2) is 18.2 Å². The SMILES string of the molecule is CC1(Cc2ccc(Cl)cc2Cl)CCN([C@H]2CC[C@@H](O[Si](C)(C)C(C)(C)C)CC2)C1=O. The van der Waals surface area contributed by atoms with Gasteiger partial charge in [-0.3, -0.25) is 4.79 Å². The fourth-order valence-corrected chi connectivity index (χ4v) is 6.49. The Bertz CT molecular complexity index is 784. The lowest BCUT2D eigenvalue weighted by Gasteiger charge is -2.42. The van der Waals surface area contributed by atoms with Crippen LogP contribution in [0.25, 0.3) is 0 Å². The summed E-state index contributed by atoms with van der Waals surface area (Å²) in [6.45, 7) is 14.5. The largest absolute Gasteiger partial charge is 0.414 e. The highest BCUT2D eigenvalue weighted by Crippen LogP contribution is 2.42. The second-order valence-corrected chi connectivity index (χ2v) is 16.6. The van der Waals surface area contributed by atoms with Crippen LogP contribution >= 0.6 is 23.2 Å². The zero-order valence-electron chi connectivity index (χ0n) is 19.4. The van der Waals surface area contributed by atoms with Gasteiger partial charge in [0.05, 0.1) is 5.41 Å². The van der Waals surface area contributed by atoms with Crippen molar-refractivity contribution in [3.63, 3.8) is 0 Å². The summed E-state index contributed by atoms with van der Waals surface area (Å²) in [6, 6.07) is 5.92. The minimum atomic E-state index is -1.74. The molecule has 1 saturated carbocycles. The molecule has 0 radical (unpaired) electrons. The number of nitrogens with zero attached hydrogens (tertiary/aromatic N) is 1. The highest BCUT2D eigenvalue weighted by atomic mass is 35.5. The van der Waals surface area contributed by atoms with E-state index in [-0.39, 0.29) is 16.4 Å². The van der Waals surface area contributed by atoms with Gasteiger partial charge < -0.3 is 9.33 Å². The number of likely N-dealkylation sites (tertiary alicyclic amines) is 1. The molecule has 6 heteroatoms. The van der Waals surface area contributed by atoms with E-state index in [4.69, 9.17) is 27.6 Å². The van der Waals surface area contributed by atoms with E-state index in [2.05, 4.69) is 45.7 Å². The van der Waals surface area contributed by atoms with Crippen LogP contribution < -0.4 is 0 Å². The maximum atomic E-state index is 13.4. The van der Waals surface area contributed by atoms with E-state index in [1.54, 1.807) is 6.07 Å². The Labute approximate surface area is 193 Å². The summed E-state index contributed by atoms with van der Waals surface area (Å²) in [5.74, 6) is 0.280. The maximum Gasteiger partial charge on any atom is 0.229 e. The van der Waals surface area contributed by atoms with Crippen molar-refractivity contribution in [3.8, 4) is 0 Å². The first kappa shape index (κ1) is 24.1. The molecule has 1 aliphatic carbocycles. The number of hydrogen-bond donors (Lipinski definition) is 0. The van der Waals surface area contributed by atoms with Crippen LogP contribution in [-0.2, 0) is 15.6 Å². The van der Waals surface area contributed by atoms with Gasteiger partial charge >= 0.3 is 0 Å². The highest BCUT2D eigenvalue weighted by molar-refractivity contribution is 6.74. The maximum absolute atomic E-state index is 13.4. The molecule has 0 N–H and O–H groups in total. The van der Waals surface area contributed by atoms with Crippen LogP contribution in [-0.4, -0.2) is 37.8 Å². The Morgan fingerprint density at radius 2 is 1.80 bits per heavy atom. The van der Waals surface area contributed by atoms with Gasteiger partial charge in [0, 0.05) is 28.7 Å². The van der Waals surface area contributed by atoms with Gasteiger partial charge in [-0.15, -0.1) is 0 Å². The molecule has 1 saturated heterocycles. The molecule has 168 valence electrons. The summed E-state index contributed by atoms with van der Waals surface area (Å²) in [5.41, 5.74) is 0.622. The van der Waals surface area contributed by atoms with Crippen molar-refractivity contribution in [2.75, 3.05) is 6.54 Å². The van der Waals surface area contributed by atoms with Gasteiger partial charge in [-0.1, -0.05) is 57.0 Å². The van der Waals surface area contributed by atoms with E-state index in [9.17, 15) is 4.79 Å². The van der Waals surface area contributed by atoms with Crippen molar-refractivity contribution >= 4 is 37.4 Å². The molecule has 2 aliphatic rings. The van der Waals surface area contributed by atoms with Gasteiger partial charge in [-0.2, -0.15) is 0 Å². The van der Waals surface area contributed by atoms with Crippen LogP contribution in [0.4, 0.5) is 0 Å². The smallest absolute Gasteiger partial charge is 0.229 e. The lowest BCUT2D eigenvalue weighted by atomic mass is 9.82. The number of rotatable bonds is 5. The molecule has 1 heterocycles. The van der Waals surface area contributed by atoms with Crippen molar-refractivity contribution in [1.82, 2.24) is 4.90 Å². The number of amides is 1. The monoisotopic (exact) mass is 469 g/mol. The topological polar surface area (TPSA) is 29.5 Å². The van der Waals surface area contributed by atoms with Crippen LogP contribution in [0.2, 0.25) is 28.2 Å². The van der Waals surface area contributed by atoms with E-state index in [0.717, 1.165) is 44.2 Å². The Kier molecular flexibility index (Phi) is 7.04. The van der Waals surface area contributed by atoms with Gasteiger partial charge in [-0.25, -0.2) is 0 Å². The van der Waals surface area contributed by atoms with Crippen LogP contribution in [0.3, 0.4) is 0 Å². The molecule has 1 unspecified atom stereocenters. The number of carbonyl (C=O) groups is 1. The summed E-state index contributed by atoms with van der Waals surface area (Å²) in [7, 11) is -1.74. The first-order chi connectivity index (χ1) is 13.8. The molecule has 30 heavy (non-hydrogen) atoms. The predicted molar refractivity (Wildman–Crippen MR) is 129 cm³/mol. The molecular weight excluding hydrogens is 433 g/mol. The summed E-state index contributed by atoms with van der Waals surface area (Å²) >= 11 is 12.4. The second kappa shape index (κ2) is 8.76. The fraction of sp³-hybridized carbons (Fsp3) is 0.708.